The maximum atomic E-state index is 12.0. The van der Waals surface area contributed by atoms with Gasteiger partial charge < -0.3 is 5.73 Å². The molecule has 0 aliphatic carbocycles. The van der Waals surface area contributed by atoms with Crippen LogP contribution in [0.25, 0.3) is 0 Å². The van der Waals surface area contributed by atoms with Crippen molar-refractivity contribution in [1.29, 1.82) is 0 Å². The lowest BCUT2D eigenvalue weighted by Gasteiger charge is -2.21. The molecule has 1 aromatic rings. The van der Waals surface area contributed by atoms with E-state index in [1.165, 1.54) is 0 Å². The van der Waals surface area contributed by atoms with Crippen LogP contribution in [0.3, 0.4) is 0 Å². The van der Waals surface area contributed by atoms with Crippen LogP contribution >= 0.6 is 15.9 Å². The van der Waals surface area contributed by atoms with E-state index in [-0.39, 0.29) is 17.7 Å². The number of carbonyl (C=O) groups excluding carboxylic acids is 2. The Morgan fingerprint density at radius 2 is 2.00 bits per heavy atom. The van der Waals surface area contributed by atoms with Gasteiger partial charge in [-0.2, -0.15) is 0 Å². The van der Waals surface area contributed by atoms with E-state index in [0.717, 1.165) is 42.4 Å². The maximum absolute atomic E-state index is 12.0. The molecule has 4 nitrogen and oxygen atoms in total. The number of benzene rings is 1. The van der Waals surface area contributed by atoms with Crippen molar-refractivity contribution in [2.24, 2.45) is 5.73 Å². The van der Waals surface area contributed by atoms with Gasteiger partial charge in [-0.3, -0.25) is 14.5 Å². The van der Waals surface area contributed by atoms with Crippen LogP contribution in [0.5, 0.6) is 0 Å². The van der Waals surface area contributed by atoms with E-state index in [9.17, 15) is 9.59 Å². The summed E-state index contributed by atoms with van der Waals surface area (Å²) in [6.45, 7) is 1.66. The number of halogens is 1. The van der Waals surface area contributed by atoms with Gasteiger partial charge in [0, 0.05) is 16.5 Å². The summed E-state index contributed by atoms with van der Waals surface area (Å²) in [5, 5.41) is 0. The lowest BCUT2D eigenvalue weighted by molar-refractivity contribution is -0.122. The smallest absolute Gasteiger partial charge is 0.234 e. The van der Waals surface area contributed by atoms with Crippen molar-refractivity contribution in [3.63, 3.8) is 0 Å². The molecule has 1 aliphatic rings. The Morgan fingerprint density at radius 3 is 2.65 bits per heavy atom. The molecular weight excluding hydrogens is 320 g/mol. The molecule has 108 valence electrons. The van der Waals surface area contributed by atoms with Crippen molar-refractivity contribution in [3.8, 4) is 0 Å². The molecule has 0 radical (unpaired) electrons. The fraction of sp³-hybridized carbons (Fsp3) is 0.467. The number of primary amides is 1. The molecule has 5 heteroatoms. The summed E-state index contributed by atoms with van der Waals surface area (Å²) in [5.74, 6) is -0.103. The maximum Gasteiger partial charge on any atom is 0.234 e. The molecular formula is C15H19BrN2O2. The van der Waals surface area contributed by atoms with E-state index in [1.54, 1.807) is 0 Å². The summed E-state index contributed by atoms with van der Waals surface area (Å²) in [7, 11) is 0. The van der Waals surface area contributed by atoms with Gasteiger partial charge >= 0.3 is 0 Å². The molecule has 0 spiro atoms. The highest BCUT2D eigenvalue weighted by Crippen LogP contribution is 2.18. The van der Waals surface area contributed by atoms with Crippen molar-refractivity contribution in [2.75, 3.05) is 13.1 Å². The molecule has 1 aliphatic heterocycles. The van der Waals surface area contributed by atoms with E-state index in [0.29, 0.717) is 6.42 Å². The van der Waals surface area contributed by atoms with Gasteiger partial charge in [0.1, 0.15) is 0 Å². The summed E-state index contributed by atoms with van der Waals surface area (Å²) in [4.78, 5) is 25.4. The monoisotopic (exact) mass is 338 g/mol. The number of rotatable bonds is 6. The molecule has 0 aromatic heterocycles. The first-order valence-electron chi connectivity index (χ1n) is 6.90. The van der Waals surface area contributed by atoms with Crippen molar-refractivity contribution >= 4 is 27.6 Å². The summed E-state index contributed by atoms with van der Waals surface area (Å²) in [5.41, 5.74) is 6.11. The summed E-state index contributed by atoms with van der Waals surface area (Å²) < 4.78 is 0.968. The van der Waals surface area contributed by atoms with Gasteiger partial charge in [-0.15, -0.1) is 0 Å². The number of ketones is 1. The second-order valence-corrected chi connectivity index (χ2v) is 6.05. The summed E-state index contributed by atoms with van der Waals surface area (Å²) in [6.07, 6.45) is 3.12. The molecule has 20 heavy (non-hydrogen) atoms. The lowest BCUT2D eigenvalue weighted by atomic mass is 10.1. The van der Waals surface area contributed by atoms with E-state index in [2.05, 4.69) is 20.8 Å². The van der Waals surface area contributed by atoms with Crippen LogP contribution in [0, 0.1) is 0 Å². The first-order valence-corrected chi connectivity index (χ1v) is 7.69. The molecule has 1 saturated heterocycles. The van der Waals surface area contributed by atoms with Gasteiger partial charge in [-0.05, 0) is 44.5 Å². The average molecular weight is 339 g/mol. The Balaban J connectivity index is 1.79. The van der Waals surface area contributed by atoms with Crippen LogP contribution in [0.15, 0.2) is 28.7 Å². The molecule has 1 fully saturated rings. The topological polar surface area (TPSA) is 63.4 Å². The largest absolute Gasteiger partial charge is 0.368 e. The third-order valence-corrected chi connectivity index (χ3v) is 4.24. The first kappa shape index (κ1) is 15.2. The van der Waals surface area contributed by atoms with Crippen LogP contribution in [0.4, 0.5) is 0 Å². The van der Waals surface area contributed by atoms with E-state index < -0.39 is 0 Å². The van der Waals surface area contributed by atoms with Crippen LogP contribution in [-0.4, -0.2) is 35.7 Å². The van der Waals surface area contributed by atoms with E-state index in [1.807, 2.05) is 24.3 Å². The predicted molar refractivity (Wildman–Crippen MR) is 81.5 cm³/mol. The molecule has 1 amide bonds. The Labute approximate surface area is 127 Å². The third-order valence-electron chi connectivity index (χ3n) is 3.71. The molecule has 0 saturated carbocycles. The van der Waals surface area contributed by atoms with Crippen molar-refractivity contribution in [2.45, 2.75) is 31.7 Å². The van der Waals surface area contributed by atoms with Crippen molar-refractivity contribution in [3.05, 3.63) is 34.3 Å². The zero-order valence-electron chi connectivity index (χ0n) is 11.3. The Bertz CT molecular complexity index is 487. The molecule has 1 atom stereocenters. The minimum Gasteiger partial charge on any atom is -0.368 e. The highest BCUT2D eigenvalue weighted by Gasteiger charge is 2.28. The van der Waals surface area contributed by atoms with E-state index in [4.69, 9.17) is 5.73 Å². The number of likely N-dealkylation sites (tertiary alicyclic amines) is 1. The molecule has 1 heterocycles. The number of Topliss-reactive ketones (excluding diaryl/α,β-unsaturated/α-hetero) is 1. The minimum absolute atomic E-state index is 0.141. The quantitative estimate of drug-likeness (QED) is 0.810. The van der Waals surface area contributed by atoms with Crippen LogP contribution in [0.2, 0.25) is 0 Å². The fourth-order valence-corrected chi connectivity index (χ4v) is 2.90. The highest BCUT2D eigenvalue weighted by molar-refractivity contribution is 9.10. The highest BCUT2D eigenvalue weighted by atomic mass is 79.9. The Hall–Kier alpha value is -1.20. The third kappa shape index (κ3) is 3.90. The minimum atomic E-state index is -0.248. The van der Waals surface area contributed by atoms with Gasteiger partial charge in [0.2, 0.25) is 5.91 Å². The Kier molecular flexibility index (Phi) is 5.31. The SMILES string of the molecule is NC(=O)C1CCCN1CCCC(=O)c1ccc(Br)cc1. The van der Waals surface area contributed by atoms with Gasteiger partial charge in [0.05, 0.1) is 6.04 Å². The second kappa shape index (κ2) is 6.99. The number of hydrogen-bond acceptors (Lipinski definition) is 3. The molecule has 2 rings (SSSR count). The number of carbonyl (C=O) groups is 2. The summed E-state index contributed by atoms with van der Waals surface area (Å²) >= 11 is 3.35. The second-order valence-electron chi connectivity index (χ2n) is 5.13. The predicted octanol–water partition coefficient (Wildman–Crippen LogP) is 2.36. The lowest BCUT2D eigenvalue weighted by Crippen LogP contribution is -2.40. The Morgan fingerprint density at radius 1 is 1.30 bits per heavy atom. The van der Waals surface area contributed by atoms with Crippen LogP contribution in [0.1, 0.15) is 36.0 Å². The van der Waals surface area contributed by atoms with Crippen molar-refractivity contribution < 1.29 is 9.59 Å². The first-order chi connectivity index (χ1) is 9.58. The normalized spacial score (nSPS) is 19.1. The van der Waals surface area contributed by atoms with Gasteiger partial charge in [-0.25, -0.2) is 0 Å². The number of amides is 1. The number of nitrogens with two attached hydrogens (primary N) is 1. The standard InChI is InChI=1S/C15H19BrN2O2/c16-12-7-5-11(6-8-12)14(19)4-2-10-18-9-1-3-13(18)15(17)20/h5-8,13H,1-4,9-10H2,(H2,17,20). The van der Waals surface area contributed by atoms with E-state index >= 15 is 0 Å². The average Bonchev–Trinajstić information content (AvgIpc) is 2.88. The molecule has 0 bridgehead atoms. The molecule has 2 N–H and O–H groups in total. The van der Waals surface area contributed by atoms with Gasteiger partial charge in [-0.1, -0.05) is 28.1 Å². The van der Waals surface area contributed by atoms with Gasteiger partial charge in [0.25, 0.3) is 0 Å². The zero-order valence-corrected chi connectivity index (χ0v) is 12.9. The van der Waals surface area contributed by atoms with Crippen LogP contribution in [-0.2, 0) is 4.79 Å². The molecule has 1 unspecified atom stereocenters. The summed E-state index contributed by atoms with van der Waals surface area (Å²) in [6, 6.07) is 7.26. The number of nitrogens with zero attached hydrogens (tertiary/aromatic N) is 1. The van der Waals surface area contributed by atoms with Crippen molar-refractivity contribution in [1.82, 2.24) is 4.90 Å². The molecule has 1 aromatic carbocycles. The van der Waals surface area contributed by atoms with Crippen LogP contribution < -0.4 is 5.73 Å². The zero-order chi connectivity index (χ0) is 14.5. The fourth-order valence-electron chi connectivity index (χ4n) is 2.64. The van der Waals surface area contributed by atoms with Gasteiger partial charge in [0.15, 0.2) is 5.78 Å². The number of hydrogen-bond donors (Lipinski definition) is 1.